The molecule has 2 heterocycles. The maximum absolute atomic E-state index is 12.6. The van der Waals surface area contributed by atoms with Crippen LogP contribution in [0, 0.1) is 0 Å². The first-order valence-electron chi connectivity index (χ1n) is 15.6. The largest absolute Gasteiger partial charge is 0.380 e. The number of ketones is 1. The van der Waals surface area contributed by atoms with Crippen LogP contribution in [0.1, 0.15) is 83.3 Å². The van der Waals surface area contributed by atoms with Crippen molar-refractivity contribution in [1.29, 1.82) is 0 Å². The Balaban J connectivity index is 0.000000836. The van der Waals surface area contributed by atoms with E-state index in [1.54, 1.807) is 6.08 Å². The highest BCUT2D eigenvalue weighted by atomic mass is 32.1. The van der Waals surface area contributed by atoms with Crippen LogP contribution in [-0.2, 0) is 29.2 Å². The minimum absolute atomic E-state index is 0.00389. The van der Waals surface area contributed by atoms with Crippen molar-refractivity contribution in [2.45, 2.75) is 90.6 Å². The number of imidazole rings is 2. The van der Waals surface area contributed by atoms with Crippen molar-refractivity contribution in [2.24, 2.45) is 5.73 Å². The molecule has 0 aliphatic heterocycles. The van der Waals surface area contributed by atoms with Gasteiger partial charge in [-0.2, -0.15) is 12.6 Å². The van der Waals surface area contributed by atoms with Crippen LogP contribution in [0.5, 0.6) is 0 Å². The first-order chi connectivity index (χ1) is 20.6. The van der Waals surface area contributed by atoms with Crippen LogP contribution in [0.25, 0.3) is 16.6 Å². The highest BCUT2D eigenvalue weighted by Gasteiger charge is 2.30. The van der Waals surface area contributed by atoms with Crippen molar-refractivity contribution in [3.8, 4) is 0 Å². The van der Waals surface area contributed by atoms with E-state index >= 15 is 0 Å². The van der Waals surface area contributed by atoms with E-state index in [9.17, 15) is 4.79 Å². The van der Waals surface area contributed by atoms with Crippen LogP contribution in [0.15, 0.2) is 50.0 Å². The Labute approximate surface area is 264 Å². The van der Waals surface area contributed by atoms with E-state index in [2.05, 4.69) is 66.2 Å². The molecule has 4 rings (SSSR count). The Morgan fingerprint density at radius 2 is 1.93 bits per heavy atom. The molecule has 1 aliphatic rings. The Morgan fingerprint density at radius 3 is 2.53 bits per heavy atom. The fourth-order valence-electron chi connectivity index (χ4n) is 4.96. The Bertz CT molecular complexity index is 1290. The lowest BCUT2D eigenvalue weighted by atomic mass is 10.1. The maximum atomic E-state index is 12.6. The zero-order valence-corrected chi connectivity index (χ0v) is 28.0. The number of likely N-dealkylation sites (N-methyl/N-ethyl adjacent to an activating group) is 1. The molecule has 0 unspecified atom stereocenters. The van der Waals surface area contributed by atoms with Crippen LogP contribution in [0.2, 0.25) is 0 Å². The fourth-order valence-corrected chi connectivity index (χ4v) is 5.37. The average molecular weight is 611 g/mol. The number of thiol groups is 1. The highest BCUT2D eigenvalue weighted by Crippen LogP contribution is 2.35. The molecular weight excluding hydrogens is 556 g/mol. The normalized spacial score (nSPS) is 13.8. The molecule has 2 N–H and O–H groups in total. The van der Waals surface area contributed by atoms with Gasteiger partial charge in [-0.15, -0.1) is 6.58 Å². The van der Waals surface area contributed by atoms with Crippen LogP contribution >= 0.6 is 12.6 Å². The SMILES string of the molecule is C=C(C)c1ccc2nc(CN(C)CC(=O)CCOCC3(S)CCCC3)n(Cc3cncn3CC)c2c1.C=CCN.CCC. The van der Waals surface area contributed by atoms with Gasteiger partial charge in [-0.25, -0.2) is 9.97 Å². The molecule has 9 heteroatoms. The average Bonchev–Trinajstić information content (AvgIpc) is 3.70. The van der Waals surface area contributed by atoms with Gasteiger partial charge in [0, 0.05) is 30.5 Å². The van der Waals surface area contributed by atoms with E-state index in [1.807, 2.05) is 31.4 Å². The van der Waals surface area contributed by atoms with Crippen LogP contribution in [-0.4, -0.2) is 67.9 Å². The summed E-state index contributed by atoms with van der Waals surface area (Å²) in [7, 11) is 1.97. The Morgan fingerprint density at radius 1 is 1.26 bits per heavy atom. The van der Waals surface area contributed by atoms with E-state index in [0.29, 0.717) is 45.8 Å². The number of aryl methyl sites for hydroxylation is 1. The van der Waals surface area contributed by atoms with E-state index in [4.69, 9.17) is 28.1 Å². The van der Waals surface area contributed by atoms with E-state index in [1.165, 1.54) is 19.3 Å². The molecule has 1 saturated carbocycles. The van der Waals surface area contributed by atoms with Gasteiger partial charge in [0.1, 0.15) is 11.6 Å². The molecule has 238 valence electrons. The molecule has 1 aromatic carbocycles. The Hall–Kier alpha value is -2.72. The molecule has 0 spiro atoms. The first kappa shape index (κ1) is 36.5. The summed E-state index contributed by atoms with van der Waals surface area (Å²) in [6.07, 6.45) is 11.7. The van der Waals surface area contributed by atoms with Crippen LogP contribution in [0.3, 0.4) is 0 Å². The topological polar surface area (TPSA) is 91.2 Å². The summed E-state index contributed by atoms with van der Waals surface area (Å²) in [5.74, 6) is 1.10. The summed E-state index contributed by atoms with van der Waals surface area (Å²) in [5, 5.41) is 0. The number of carbonyl (C=O) groups is 1. The minimum atomic E-state index is -0.00389. The molecule has 8 nitrogen and oxygen atoms in total. The monoisotopic (exact) mass is 610 g/mol. The number of hydrogen-bond acceptors (Lipinski definition) is 7. The lowest BCUT2D eigenvalue weighted by Gasteiger charge is -2.22. The highest BCUT2D eigenvalue weighted by molar-refractivity contribution is 7.81. The lowest BCUT2D eigenvalue weighted by molar-refractivity contribution is -0.121. The number of carbonyl (C=O) groups excluding carboxylic acids is 1. The van der Waals surface area contributed by atoms with Gasteiger partial charge < -0.3 is 19.6 Å². The number of ether oxygens (including phenoxy) is 1. The second-order valence-corrected chi connectivity index (χ2v) is 12.4. The van der Waals surface area contributed by atoms with E-state index < -0.39 is 0 Å². The number of nitrogens with zero attached hydrogens (tertiary/aromatic N) is 5. The van der Waals surface area contributed by atoms with Gasteiger partial charge in [0.2, 0.25) is 0 Å². The molecule has 1 aliphatic carbocycles. The number of rotatable bonds is 14. The molecule has 0 radical (unpaired) electrons. The molecule has 0 bridgehead atoms. The van der Waals surface area contributed by atoms with Crippen molar-refractivity contribution < 1.29 is 9.53 Å². The van der Waals surface area contributed by atoms with Crippen LogP contribution < -0.4 is 5.73 Å². The number of fused-ring (bicyclic) bond motifs is 1. The second kappa shape index (κ2) is 18.8. The van der Waals surface area contributed by atoms with Gasteiger partial charge in [0.05, 0.1) is 55.9 Å². The summed E-state index contributed by atoms with van der Waals surface area (Å²) in [4.78, 5) is 24.0. The van der Waals surface area contributed by atoms with E-state index in [-0.39, 0.29) is 10.5 Å². The molecule has 2 aromatic heterocycles. The molecule has 0 saturated heterocycles. The number of allylic oxidation sites excluding steroid dienone is 1. The number of aromatic nitrogens is 4. The quantitative estimate of drug-likeness (QED) is 0.123. The van der Waals surface area contributed by atoms with Crippen molar-refractivity contribution in [2.75, 3.05) is 33.4 Å². The number of hydrogen-bond donors (Lipinski definition) is 2. The van der Waals surface area contributed by atoms with E-state index in [0.717, 1.165) is 53.1 Å². The summed E-state index contributed by atoms with van der Waals surface area (Å²) < 4.78 is 10.2. The third kappa shape index (κ3) is 11.7. The smallest absolute Gasteiger partial charge is 0.149 e. The van der Waals surface area contributed by atoms with Gasteiger partial charge >= 0.3 is 0 Å². The van der Waals surface area contributed by atoms with Crippen molar-refractivity contribution in [3.05, 3.63) is 67.0 Å². The molecule has 0 atom stereocenters. The summed E-state index contributed by atoms with van der Waals surface area (Å²) in [6, 6.07) is 6.27. The third-order valence-corrected chi connectivity index (χ3v) is 7.81. The first-order valence-corrected chi connectivity index (χ1v) is 16.0. The predicted molar refractivity (Wildman–Crippen MR) is 184 cm³/mol. The zero-order chi connectivity index (χ0) is 31.8. The number of Topliss-reactive ketones (excluding diaryl/α,β-unsaturated/α-hetero) is 1. The van der Waals surface area contributed by atoms with Crippen molar-refractivity contribution in [3.63, 3.8) is 0 Å². The summed E-state index contributed by atoms with van der Waals surface area (Å²) in [6.45, 7) is 20.0. The number of benzene rings is 1. The van der Waals surface area contributed by atoms with Gasteiger partial charge in [-0.1, -0.05) is 57.4 Å². The molecular formula is C34H54N6O2S. The Kier molecular flexibility index (Phi) is 16.0. The summed E-state index contributed by atoms with van der Waals surface area (Å²) in [5.41, 5.74) is 10.2. The minimum Gasteiger partial charge on any atom is -0.380 e. The van der Waals surface area contributed by atoms with Gasteiger partial charge in [-0.3, -0.25) is 9.69 Å². The fraction of sp³-hybridized carbons (Fsp3) is 0.559. The number of nitrogens with two attached hydrogens (primary N) is 1. The summed E-state index contributed by atoms with van der Waals surface area (Å²) >= 11 is 4.77. The van der Waals surface area contributed by atoms with Crippen molar-refractivity contribution in [1.82, 2.24) is 24.0 Å². The zero-order valence-electron chi connectivity index (χ0n) is 27.1. The van der Waals surface area contributed by atoms with Crippen molar-refractivity contribution >= 4 is 35.0 Å². The van der Waals surface area contributed by atoms with Gasteiger partial charge in [-0.05, 0) is 51.4 Å². The third-order valence-electron chi connectivity index (χ3n) is 7.23. The predicted octanol–water partition coefficient (Wildman–Crippen LogP) is 6.53. The molecule has 1 fully saturated rings. The lowest BCUT2D eigenvalue weighted by Crippen LogP contribution is -2.29. The molecule has 43 heavy (non-hydrogen) atoms. The van der Waals surface area contributed by atoms with Gasteiger partial charge in [0.25, 0.3) is 0 Å². The van der Waals surface area contributed by atoms with Gasteiger partial charge in [0.15, 0.2) is 0 Å². The standard InChI is InChI=1S/C28H39N5O2S.C3H7N.C3H8/c1-5-32-20-29-15-23(32)16-33-26-14-22(21(2)3)8-9-25(26)30-27(33)18-31(4)17-24(34)10-13-35-19-28(36)11-6-7-12-28;1-2-3-4;1-3-2/h8-9,14-15,20,36H,2,5-7,10-13,16-19H2,1,3-4H3;2H,1,3-4H2;3H2,1-2H3. The maximum Gasteiger partial charge on any atom is 0.149 e. The second-order valence-electron chi connectivity index (χ2n) is 11.4. The molecule has 3 aromatic rings. The molecule has 0 amide bonds. The van der Waals surface area contributed by atoms with Crippen LogP contribution in [0.4, 0.5) is 0 Å².